The molecular weight excluding hydrogens is 230 g/mol. The predicted octanol–water partition coefficient (Wildman–Crippen LogP) is 1.22. The molecule has 1 aromatic rings. The summed E-state index contributed by atoms with van der Waals surface area (Å²) in [5.74, 6) is 0. The van der Waals surface area contributed by atoms with Crippen LogP contribution in [0.2, 0.25) is 5.02 Å². The first-order valence-corrected chi connectivity index (χ1v) is 5.53. The highest BCUT2D eigenvalue weighted by Gasteiger charge is 2.33. The molecule has 0 radical (unpaired) electrons. The zero-order valence-electron chi connectivity index (χ0n) is 8.64. The molecule has 0 aromatic heterocycles. The fourth-order valence-electron chi connectivity index (χ4n) is 1.72. The van der Waals surface area contributed by atoms with Crippen LogP contribution in [0.1, 0.15) is 6.42 Å². The average Bonchev–Trinajstić information content (AvgIpc) is 2.62. The van der Waals surface area contributed by atoms with E-state index in [9.17, 15) is 5.11 Å². The van der Waals surface area contributed by atoms with Gasteiger partial charge < -0.3 is 20.3 Å². The predicted molar refractivity (Wildman–Crippen MR) is 61.4 cm³/mol. The zero-order chi connectivity index (χ0) is 11.5. The molecule has 0 spiro atoms. The van der Waals surface area contributed by atoms with Crippen LogP contribution in [0.25, 0.3) is 0 Å². The molecule has 4 nitrogen and oxygen atoms in total. The van der Waals surface area contributed by atoms with Crippen LogP contribution in [-0.2, 0) is 4.74 Å². The Morgan fingerprint density at radius 1 is 1.38 bits per heavy atom. The Kier molecular flexibility index (Phi) is 3.66. The lowest BCUT2D eigenvalue weighted by molar-refractivity contribution is -0.0149. The molecule has 3 atom stereocenters. The van der Waals surface area contributed by atoms with Crippen LogP contribution in [0.5, 0.6) is 0 Å². The van der Waals surface area contributed by atoms with Gasteiger partial charge in [-0.05, 0) is 24.3 Å². The molecule has 3 N–H and O–H groups in total. The molecular formula is C11H14ClNO3. The minimum atomic E-state index is -0.616. The van der Waals surface area contributed by atoms with Crippen molar-refractivity contribution in [3.8, 4) is 0 Å². The van der Waals surface area contributed by atoms with Crippen LogP contribution in [-0.4, -0.2) is 35.3 Å². The highest BCUT2D eigenvalue weighted by Crippen LogP contribution is 2.22. The Balaban J connectivity index is 1.94. The second-order valence-electron chi connectivity index (χ2n) is 3.80. The Bertz CT molecular complexity index is 344. The van der Waals surface area contributed by atoms with Gasteiger partial charge in [-0.15, -0.1) is 0 Å². The number of aliphatic hydroxyl groups is 2. The first-order chi connectivity index (χ1) is 7.69. The van der Waals surface area contributed by atoms with Crippen molar-refractivity contribution >= 4 is 17.3 Å². The largest absolute Gasteiger partial charge is 0.394 e. The van der Waals surface area contributed by atoms with Gasteiger partial charge in [0.15, 0.2) is 0 Å². The number of hydrogen-bond donors (Lipinski definition) is 3. The van der Waals surface area contributed by atoms with Gasteiger partial charge in [-0.3, -0.25) is 0 Å². The fraction of sp³-hybridized carbons (Fsp3) is 0.455. The summed E-state index contributed by atoms with van der Waals surface area (Å²) in [7, 11) is 0. The topological polar surface area (TPSA) is 61.7 Å². The van der Waals surface area contributed by atoms with Crippen LogP contribution in [0.3, 0.4) is 0 Å². The molecule has 2 rings (SSSR count). The van der Waals surface area contributed by atoms with E-state index in [2.05, 4.69) is 5.32 Å². The maximum Gasteiger partial charge on any atom is 0.130 e. The van der Waals surface area contributed by atoms with E-state index in [0.717, 1.165) is 5.69 Å². The van der Waals surface area contributed by atoms with Crippen LogP contribution in [0, 0.1) is 0 Å². The first kappa shape index (κ1) is 11.7. The molecule has 1 saturated heterocycles. The maximum atomic E-state index is 9.54. The van der Waals surface area contributed by atoms with Crippen LogP contribution < -0.4 is 5.32 Å². The van der Waals surface area contributed by atoms with Crippen molar-refractivity contribution < 1.29 is 14.9 Å². The van der Waals surface area contributed by atoms with Crippen molar-refractivity contribution in [3.05, 3.63) is 29.3 Å². The molecule has 0 amide bonds. The lowest BCUT2D eigenvalue weighted by atomic mass is 10.2. The monoisotopic (exact) mass is 243 g/mol. The molecule has 5 heteroatoms. The molecule has 1 aromatic carbocycles. The second-order valence-corrected chi connectivity index (χ2v) is 4.24. The van der Waals surface area contributed by atoms with Crippen molar-refractivity contribution in [1.82, 2.24) is 0 Å². The average molecular weight is 244 g/mol. The number of benzene rings is 1. The van der Waals surface area contributed by atoms with E-state index in [4.69, 9.17) is 21.4 Å². The van der Waals surface area contributed by atoms with Crippen molar-refractivity contribution in [2.24, 2.45) is 0 Å². The van der Waals surface area contributed by atoms with Gasteiger partial charge >= 0.3 is 0 Å². The van der Waals surface area contributed by atoms with Crippen molar-refractivity contribution in [1.29, 1.82) is 0 Å². The van der Waals surface area contributed by atoms with Crippen molar-refractivity contribution in [2.75, 3.05) is 11.9 Å². The zero-order valence-corrected chi connectivity index (χ0v) is 9.39. The second kappa shape index (κ2) is 5.01. The van der Waals surface area contributed by atoms with Crippen LogP contribution in [0.4, 0.5) is 5.69 Å². The van der Waals surface area contributed by atoms with Gasteiger partial charge in [-0.1, -0.05) is 11.6 Å². The molecule has 1 fully saturated rings. The number of rotatable bonds is 3. The SMILES string of the molecule is OCC1OC(Nc2ccc(Cl)cc2)CC1O. The summed E-state index contributed by atoms with van der Waals surface area (Å²) < 4.78 is 5.41. The lowest BCUT2D eigenvalue weighted by Crippen LogP contribution is -2.25. The van der Waals surface area contributed by atoms with Gasteiger partial charge in [-0.25, -0.2) is 0 Å². The molecule has 1 aliphatic heterocycles. The smallest absolute Gasteiger partial charge is 0.130 e. The van der Waals surface area contributed by atoms with Gasteiger partial charge in [0.05, 0.1) is 12.7 Å². The van der Waals surface area contributed by atoms with Crippen LogP contribution >= 0.6 is 11.6 Å². The Labute approximate surface area is 98.8 Å². The number of anilines is 1. The van der Waals surface area contributed by atoms with E-state index in [1.54, 1.807) is 12.1 Å². The van der Waals surface area contributed by atoms with Gasteiger partial charge in [0, 0.05) is 17.1 Å². The number of nitrogens with one attached hydrogen (secondary N) is 1. The number of aliphatic hydroxyl groups excluding tert-OH is 2. The summed E-state index contributed by atoms with van der Waals surface area (Å²) in [6, 6.07) is 7.23. The quantitative estimate of drug-likeness (QED) is 0.747. The Morgan fingerprint density at radius 2 is 2.06 bits per heavy atom. The third-order valence-electron chi connectivity index (χ3n) is 2.58. The van der Waals surface area contributed by atoms with Gasteiger partial charge in [0.1, 0.15) is 12.3 Å². The molecule has 0 saturated carbocycles. The highest BCUT2D eigenvalue weighted by molar-refractivity contribution is 6.30. The summed E-state index contributed by atoms with van der Waals surface area (Å²) in [5.41, 5.74) is 0.875. The molecule has 1 heterocycles. The lowest BCUT2D eigenvalue weighted by Gasteiger charge is -2.14. The summed E-state index contributed by atoms with van der Waals surface area (Å²) >= 11 is 5.77. The molecule has 3 unspecified atom stereocenters. The van der Waals surface area contributed by atoms with Crippen LogP contribution in [0.15, 0.2) is 24.3 Å². The fourth-order valence-corrected chi connectivity index (χ4v) is 1.84. The molecule has 0 aliphatic carbocycles. The summed E-state index contributed by atoms with van der Waals surface area (Å²) in [6.45, 7) is -0.167. The van der Waals surface area contributed by atoms with Gasteiger partial charge in [-0.2, -0.15) is 0 Å². The Hall–Kier alpha value is -0.810. The van der Waals surface area contributed by atoms with E-state index < -0.39 is 12.2 Å². The minimum Gasteiger partial charge on any atom is -0.394 e. The molecule has 16 heavy (non-hydrogen) atoms. The summed E-state index contributed by atoms with van der Waals surface area (Å²) in [6.07, 6.45) is -0.915. The maximum absolute atomic E-state index is 9.54. The third kappa shape index (κ3) is 2.65. The van der Waals surface area contributed by atoms with Gasteiger partial charge in [0.25, 0.3) is 0 Å². The number of ether oxygens (including phenoxy) is 1. The van der Waals surface area contributed by atoms with E-state index in [0.29, 0.717) is 11.4 Å². The van der Waals surface area contributed by atoms with E-state index in [-0.39, 0.29) is 12.8 Å². The molecule has 1 aliphatic rings. The summed E-state index contributed by atoms with van der Waals surface area (Å²) in [4.78, 5) is 0. The molecule has 0 bridgehead atoms. The number of hydrogen-bond acceptors (Lipinski definition) is 4. The van der Waals surface area contributed by atoms with Crippen molar-refractivity contribution in [2.45, 2.75) is 24.9 Å². The van der Waals surface area contributed by atoms with Gasteiger partial charge in [0.2, 0.25) is 0 Å². The third-order valence-corrected chi connectivity index (χ3v) is 2.83. The highest BCUT2D eigenvalue weighted by atomic mass is 35.5. The minimum absolute atomic E-state index is 0.167. The van der Waals surface area contributed by atoms with E-state index in [1.807, 2.05) is 12.1 Å². The normalized spacial score (nSPS) is 29.3. The first-order valence-electron chi connectivity index (χ1n) is 5.15. The Morgan fingerprint density at radius 3 is 2.62 bits per heavy atom. The van der Waals surface area contributed by atoms with E-state index >= 15 is 0 Å². The van der Waals surface area contributed by atoms with E-state index in [1.165, 1.54) is 0 Å². The number of halogens is 1. The molecule has 88 valence electrons. The summed E-state index contributed by atoms with van der Waals surface area (Å²) in [5, 5.41) is 22.2. The van der Waals surface area contributed by atoms with Crippen molar-refractivity contribution in [3.63, 3.8) is 0 Å². The standard InChI is InChI=1S/C11H14ClNO3/c12-7-1-3-8(4-2-7)13-11-5-9(15)10(6-14)16-11/h1-4,9-11,13-15H,5-6H2.